The van der Waals surface area contributed by atoms with E-state index < -0.39 is 0 Å². The van der Waals surface area contributed by atoms with Crippen molar-refractivity contribution in [3.63, 3.8) is 0 Å². The van der Waals surface area contributed by atoms with E-state index in [2.05, 4.69) is 5.32 Å². The molecule has 4 rings (SSSR count). The first-order chi connectivity index (χ1) is 14.2. The van der Waals surface area contributed by atoms with E-state index in [1.165, 1.54) is 11.0 Å². The van der Waals surface area contributed by atoms with E-state index in [9.17, 15) is 4.79 Å². The molecular weight excluding hydrogens is 392 g/mol. The first-order valence-corrected chi connectivity index (χ1v) is 10.1. The second-order valence-corrected chi connectivity index (χ2v) is 7.52. The van der Waals surface area contributed by atoms with Crippen LogP contribution in [0.2, 0.25) is 5.02 Å². The summed E-state index contributed by atoms with van der Waals surface area (Å²) < 4.78 is 16.1. The lowest BCUT2D eigenvalue weighted by molar-refractivity contribution is -0.909. The fourth-order valence-electron chi connectivity index (χ4n) is 3.57. The zero-order valence-corrected chi connectivity index (χ0v) is 16.8. The Morgan fingerprint density at radius 2 is 1.97 bits per heavy atom. The molecule has 0 aliphatic carbocycles. The summed E-state index contributed by atoms with van der Waals surface area (Å²) in [5.74, 6) is 0.988. The van der Waals surface area contributed by atoms with E-state index in [1.54, 1.807) is 12.1 Å². The van der Waals surface area contributed by atoms with E-state index in [1.807, 2.05) is 36.4 Å². The van der Waals surface area contributed by atoms with Gasteiger partial charge in [0, 0.05) is 6.08 Å². The van der Waals surface area contributed by atoms with Crippen LogP contribution in [0.4, 0.5) is 0 Å². The molecule has 2 aromatic rings. The molecule has 29 heavy (non-hydrogen) atoms. The fraction of sp³-hybridized carbons (Fsp3) is 0.318. The predicted octanol–water partition coefficient (Wildman–Crippen LogP) is 1.85. The molecule has 1 atom stereocenters. The molecule has 0 bridgehead atoms. The summed E-state index contributed by atoms with van der Waals surface area (Å²) in [4.78, 5) is 14.1. The number of benzene rings is 2. The Kier molecular flexibility index (Phi) is 6.34. The standard InChI is InChI=1S/C22H23ClN2O4/c23-18-12-16(13-20-22(18)29-15-28-20)6-7-21(26)24-19(17-4-2-1-3-5-17)14-25-8-10-27-11-9-25/h1-7,12-13,19H,8-11,14-15H2,(H,24,26)/p+1/b7-6+/t19-/m1/s1. The van der Waals surface area contributed by atoms with Gasteiger partial charge >= 0.3 is 0 Å². The van der Waals surface area contributed by atoms with E-state index in [-0.39, 0.29) is 18.7 Å². The number of rotatable bonds is 6. The van der Waals surface area contributed by atoms with Crippen molar-refractivity contribution >= 4 is 23.6 Å². The highest BCUT2D eigenvalue weighted by molar-refractivity contribution is 6.32. The van der Waals surface area contributed by atoms with E-state index in [0.717, 1.165) is 44.0 Å². The van der Waals surface area contributed by atoms with Gasteiger partial charge in [-0.15, -0.1) is 0 Å². The summed E-state index contributed by atoms with van der Waals surface area (Å²) in [6, 6.07) is 13.6. The minimum absolute atomic E-state index is 0.0678. The molecule has 6 nitrogen and oxygen atoms in total. The molecule has 0 unspecified atom stereocenters. The largest absolute Gasteiger partial charge is 0.454 e. The number of morpholine rings is 1. The molecule has 0 aromatic heterocycles. The minimum atomic E-state index is -0.152. The molecule has 0 spiro atoms. The third-order valence-corrected chi connectivity index (χ3v) is 5.37. The van der Waals surface area contributed by atoms with E-state index in [4.69, 9.17) is 25.8 Å². The fourth-order valence-corrected chi connectivity index (χ4v) is 3.84. The second-order valence-electron chi connectivity index (χ2n) is 7.11. The van der Waals surface area contributed by atoms with Gasteiger partial charge in [0.15, 0.2) is 11.5 Å². The Morgan fingerprint density at radius 1 is 1.17 bits per heavy atom. The summed E-state index contributed by atoms with van der Waals surface area (Å²) in [5.41, 5.74) is 1.88. The Bertz CT molecular complexity index is 882. The van der Waals surface area contributed by atoms with Crippen LogP contribution in [-0.4, -0.2) is 45.5 Å². The lowest BCUT2D eigenvalue weighted by Crippen LogP contribution is -3.14. The summed E-state index contributed by atoms with van der Waals surface area (Å²) in [7, 11) is 0. The van der Waals surface area contributed by atoms with Gasteiger partial charge in [-0.3, -0.25) is 4.79 Å². The van der Waals surface area contributed by atoms with Gasteiger partial charge in [-0.05, 0) is 29.3 Å². The maximum absolute atomic E-state index is 12.6. The van der Waals surface area contributed by atoms with Gasteiger partial charge in [0.05, 0.1) is 18.2 Å². The van der Waals surface area contributed by atoms with Crippen LogP contribution in [0.3, 0.4) is 0 Å². The summed E-state index contributed by atoms with van der Waals surface area (Å²) in [6.07, 6.45) is 3.26. The van der Waals surface area contributed by atoms with Crippen molar-refractivity contribution in [3.05, 3.63) is 64.7 Å². The van der Waals surface area contributed by atoms with E-state index >= 15 is 0 Å². The molecule has 1 saturated heterocycles. The maximum Gasteiger partial charge on any atom is 0.244 e. The minimum Gasteiger partial charge on any atom is -0.454 e. The number of carbonyl (C=O) groups is 1. The zero-order valence-electron chi connectivity index (χ0n) is 16.0. The van der Waals surface area contributed by atoms with Gasteiger partial charge < -0.3 is 24.4 Å². The number of nitrogens with one attached hydrogen (secondary N) is 2. The lowest BCUT2D eigenvalue weighted by Gasteiger charge is -2.28. The number of carbonyl (C=O) groups excluding carboxylic acids is 1. The Balaban J connectivity index is 1.44. The van der Waals surface area contributed by atoms with Gasteiger partial charge in [-0.25, -0.2) is 0 Å². The molecule has 152 valence electrons. The van der Waals surface area contributed by atoms with Gasteiger partial charge in [0.25, 0.3) is 0 Å². The van der Waals surface area contributed by atoms with Crippen molar-refractivity contribution < 1.29 is 23.9 Å². The van der Waals surface area contributed by atoms with Crippen LogP contribution in [0.1, 0.15) is 17.2 Å². The predicted molar refractivity (Wildman–Crippen MR) is 110 cm³/mol. The SMILES string of the molecule is O=C(/C=C/c1cc(Cl)c2c(c1)OCO2)N[C@H](C[NH+]1CCOCC1)c1ccccc1. The van der Waals surface area contributed by atoms with Gasteiger partial charge in [-0.2, -0.15) is 0 Å². The third kappa shape index (κ3) is 5.09. The molecule has 7 heteroatoms. The van der Waals surface area contributed by atoms with Gasteiger partial charge in [0.2, 0.25) is 12.7 Å². The number of ether oxygens (including phenoxy) is 3. The monoisotopic (exact) mass is 415 g/mol. The number of hydrogen-bond acceptors (Lipinski definition) is 4. The average Bonchev–Trinajstić information content (AvgIpc) is 3.23. The first kappa shape index (κ1) is 19.8. The lowest BCUT2D eigenvalue weighted by atomic mass is 10.1. The van der Waals surface area contributed by atoms with Crippen LogP contribution in [0.15, 0.2) is 48.5 Å². The Morgan fingerprint density at radius 3 is 2.76 bits per heavy atom. The van der Waals surface area contributed by atoms with Crippen molar-refractivity contribution in [2.24, 2.45) is 0 Å². The number of quaternary nitrogens is 1. The molecule has 2 aliphatic heterocycles. The molecule has 2 heterocycles. The average molecular weight is 416 g/mol. The third-order valence-electron chi connectivity index (χ3n) is 5.09. The second kappa shape index (κ2) is 9.31. The quantitative estimate of drug-likeness (QED) is 0.707. The van der Waals surface area contributed by atoms with Crippen LogP contribution in [-0.2, 0) is 9.53 Å². The van der Waals surface area contributed by atoms with Crippen molar-refractivity contribution in [2.75, 3.05) is 39.6 Å². The number of amides is 1. The zero-order chi connectivity index (χ0) is 20.1. The molecule has 2 N–H and O–H groups in total. The van der Waals surface area contributed by atoms with Crippen LogP contribution < -0.4 is 19.7 Å². The van der Waals surface area contributed by atoms with Crippen LogP contribution in [0, 0.1) is 0 Å². The first-order valence-electron chi connectivity index (χ1n) is 9.73. The topological polar surface area (TPSA) is 61.2 Å². The van der Waals surface area contributed by atoms with Gasteiger partial charge in [0.1, 0.15) is 25.7 Å². The summed E-state index contributed by atoms with van der Waals surface area (Å²) >= 11 is 6.21. The molecule has 0 saturated carbocycles. The molecule has 1 amide bonds. The molecular formula is C22H24ClN2O4+. The highest BCUT2D eigenvalue weighted by Gasteiger charge is 2.22. The maximum atomic E-state index is 12.6. The highest BCUT2D eigenvalue weighted by Crippen LogP contribution is 2.40. The van der Waals surface area contributed by atoms with Crippen molar-refractivity contribution in [1.29, 1.82) is 0 Å². The summed E-state index contributed by atoms with van der Waals surface area (Å²) in [5, 5.41) is 3.61. The van der Waals surface area contributed by atoms with Crippen molar-refractivity contribution in [2.45, 2.75) is 6.04 Å². The normalized spacial score (nSPS) is 17.4. The molecule has 2 aliphatic rings. The highest BCUT2D eigenvalue weighted by atomic mass is 35.5. The van der Waals surface area contributed by atoms with Crippen LogP contribution in [0.25, 0.3) is 6.08 Å². The molecule has 1 fully saturated rings. The van der Waals surface area contributed by atoms with Crippen molar-refractivity contribution in [1.82, 2.24) is 5.32 Å². The smallest absolute Gasteiger partial charge is 0.244 e. The molecule has 2 aromatic carbocycles. The summed E-state index contributed by atoms with van der Waals surface area (Å²) in [6.45, 7) is 4.40. The number of halogens is 1. The molecule has 0 radical (unpaired) electrons. The van der Waals surface area contributed by atoms with E-state index in [0.29, 0.717) is 16.5 Å². The Hall–Kier alpha value is -2.54. The number of hydrogen-bond donors (Lipinski definition) is 2. The van der Waals surface area contributed by atoms with Crippen molar-refractivity contribution in [3.8, 4) is 11.5 Å². The van der Waals surface area contributed by atoms with Crippen LogP contribution >= 0.6 is 11.6 Å². The number of fused-ring (bicyclic) bond motifs is 1. The van der Waals surface area contributed by atoms with Gasteiger partial charge in [-0.1, -0.05) is 41.9 Å². The Labute approximate surface area is 175 Å². The van der Waals surface area contributed by atoms with Crippen LogP contribution in [0.5, 0.6) is 11.5 Å².